The lowest BCUT2D eigenvalue weighted by Crippen LogP contribution is -2.26. The largest absolute Gasteiger partial charge is 0.355 e. The molecular formula is C15H14N4S. The summed E-state index contributed by atoms with van der Waals surface area (Å²) in [5, 5.41) is 3.84. The minimum Gasteiger partial charge on any atom is -0.355 e. The zero-order valence-electron chi connectivity index (χ0n) is 11.3. The van der Waals surface area contributed by atoms with Crippen LogP contribution in [0.5, 0.6) is 0 Å². The third-order valence-electron chi connectivity index (χ3n) is 3.00. The molecule has 0 saturated carbocycles. The standard InChI is InChI=1S/C15H14N4S/c1-19(2)15(20)16-10-7-8-13-14(9-10)18-12-6-4-3-5-11(12)17-13/h3-9H,1-2H3,(H,16,20). The number of thiocarbonyl (C=S) groups is 1. The molecule has 100 valence electrons. The fourth-order valence-corrected chi connectivity index (χ4v) is 2.05. The van der Waals surface area contributed by atoms with Crippen LogP contribution < -0.4 is 5.32 Å². The van der Waals surface area contributed by atoms with Crippen molar-refractivity contribution in [2.75, 3.05) is 19.4 Å². The summed E-state index contributed by atoms with van der Waals surface area (Å²) >= 11 is 5.24. The zero-order valence-corrected chi connectivity index (χ0v) is 12.1. The van der Waals surface area contributed by atoms with Crippen LogP contribution in [0.1, 0.15) is 0 Å². The number of aromatic nitrogens is 2. The summed E-state index contributed by atoms with van der Waals surface area (Å²) in [4.78, 5) is 11.1. The summed E-state index contributed by atoms with van der Waals surface area (Å²) in [7, 11) is 3.81. The van der Waals surface area contributed by atoms with E-state index in [2.05, 4.69) is 15.3 Å². The highest BCUT2D eigenvalue weighted by Crippen LogP contribution is 2.19. The van der Waals surface area contributed by atoms with Gasteiger partial charge in [0.1, 0.15) is 0 Å². The van der Waals surface area contributed by atoms with E-state index < -0.39 is 0 Å². The van der Waals surface area contributed by atoms with Crippen LogP contribution in [0.3, 0.4) is 0 Å². The van der Waals surface area contributed by atoms with E-state index in [9.17, 15) is 0 Å². The number of rotatable bonds is 1. The molecule has 3 aromatic rings. The van der Waals surface area contributed by atoms with Crippen molar-refractivity contribution < 1.29 is 0 Å². The SMILES string of the molecule is CN(C)C(=S)Nc1ccc2nc3ccccc3nc2c1. The van der Waals surface area contributed by atoms with E-state index >= 15 is 0 Å². The first kappa shape index (κ1) is 12.7. The van der Waals surface area contributed by atoms with Crippen LogP contribution in [-0.2, 0) is 0 Å². The summed E-state index contributed by atoms with van der Waals surface area (Å²) in [6, 6.07) is 13.7. The number of hydrogen-bond donors (Lipinski definition) is 1. The van der Waals surface area contributed by atoms with E-state index in [1.165, 1.54) is 0 Å². The number of nitrogens with zero attached hydrogens (tertiary/aromatic N) is 3. The van der Waals surface area contributed by atoms with Gasteiger partial charge in [-0.1, -0.05) is 12.1 Å². The normalized spacial score (nSPS) is 10.7. The maximum Gasteiger partial charge on any atom is 0.172 e. The fourth-order valence-electron chi connectivity index (χ4n) is 1.93. The van der Waals surface area contributed by atoms with Gasteiger partial charge in [0.15, 0.2) is 5.11 Å². The van der Waals surface area contributed by atoms with Gasteiger partial charge in [-0.3, -0.25) is 0 Å². The second-order valence-electron chi connectivity index (χ2n) is 4.74. The van der Waals surface area contributed by atoms with Gasteiger partial charge >= 0.3 is 0 Å². The van der Waals surface area contributed by atoms with Gasteiger partial charge in [-0.25, -0.2) is 9.97 Å². The van der Waals surface area contributed by atoms with Crippen LogP contribution in [0.25, 0.3) is 22.1 Å². The summed E-state index contributed by atoms with van der Waals surface area (Å²) in [6.07, 6.45) is 0. The Morgan fingerprint density at radius 2 is 1.55 bits per heavy atom. The maximum absolute atomic E-state index is 5.24. The Balaban J connectivity index is 2.06. The van der Waals surface area contributed by atoms with Crippen molar-refractivity contribution in [1.82, 2.24) is 14.9 Å². The molecule has 0 aliphatic rings. The number of para-hydroxylation sites is 2. The summed E-state index contributed by atoms with van der Waals surface area (Å²) in [6.45, 7) is 0. The molecule has 0 spiro atoms. The average molecular weight is 282 g/mol. The van der Waals surface area contributed by atoms with E-state index in [0.29, 0.717) is 5.11 Å². The molecule has 20 heavy (non-hydrogen) atoms. The molecule has 5 heteroatoms. The van der Waals surface area contributed by atoms with Crippen molar-refractivity contribution in [2.45, 2.75) is 0 Å². The van der Waals surface area contributed by atoms with E-state index in [0.717, 1.165) is 27.8 Å². The van der Waals surface area contributed by atoms with E-state index in [4.69, 9.17) is 12.2 Å². The number of anilines is 1. The minimum atomic E-state index is 0.665. The Morgan fingerprint density at radius 3 is 2.20 bits per heavy atom. The van der Waals surface area contributed by atoms with Crippen LogP contribution in [0.4, 0.5) is 5.69 Å². The highest BCUT2D eigenvalue weighted by atomic mass is 32.1. The molecule has 1 heterocycles. The highest BCUT2D eigenvalue weighted by molar-refractivity contribution is 7.80. The second kappa shape index (κ2) is 5.02. The van der Waals surface area contributed by atoms with Gasteiger partial charge < -0.3 is 10.2 Å². The van der Waals surface area contributed by atoms with Gasteiger partial charge in [0.25, 0.3) is 0 Å². The molecule has 0 bridgehead atoms. The lowest BCUT2D eigenvalue weighted by atomic mass is 10.2. The Bertz CT molecular complexity index is 798. The summed E-state index contributed by atoms with van der Waals surface area (Å²) in [5.74, 6) is 0. The molecule has 0 fully saturated rings. The molecule has 1 N–H and O–H groups in total. The molecule has 0 radical (unpaired) electrons. The van der Waals surface area contributed by atoms with Crippen LogP contribution in [0.15, 0.2) is 42.5 Å². The highest BCUT2D eigenvalue weighted by Gasteiger charge is 2.04. The Morgan fingerprint density at radius 1 is 0.950 bits per heavy atom. The molecule has 0 aliphatic heterocycles. The molecule has 0 aliphatic carbocycles. The smallest absolute Gasteiger partial charge is 0.172 e. The molecule has 0 unspecified atom stereocenters. The van der Waals surface area contributed by atoms with Crippen LogP contribution in [0.2, 0.25) is 0 Å². The summed E-state index contributed by atoms with van der Waals surface area (Å²) < 4.78 is 0. The minimum absolute atomic E-state index is 0.665. The molecule has 0 amide bonds. The van der Waals surface area contributed by atoms with E-state index in [-0.39, 0.29) is 0 Å². The molecule has 0 atom stereocenters. The zero-order chi connectivity index (χ0) is 14.1. The quantitative estimate of drug-likeness (QED) is 0.549. The first-order chi connectivity index (χ1) is 9.63. The van der Waals surface area contributed by atoms with Crippen LogP contribution in [0, 0.1) is 0 Å². The monoisotopic (exact) mass is 282 g/mol. The number of fused-ring (bicyclic) bond motifs is 2. The van der Waals surface area contributed by atoms with Crippen LogP contribution in [-0.4, -0.2) is 34.1 Å². The average Bonchev–Trinajstić information content (AvgIpc) is 2.45. The molecular weight excluding hydrogens is 268 g/mol. The predicted octanol–water partition coefficient (Wildman–Crippen LogP) is 3.04. The number of hydrogen-bond acceptors (Lipinski definition) is 3. The molecule has 2 aromatic carbocycles. The van der Waals surface area contributed by atoms with Gasteiger partial charge in [-0.2, -0.15) is 0 Å². The lowest BCUT2D eigenvalue weighted by molar-refractivity contribution is 0.634. The van der Waals surface area contributed by atoms with Gasteiger partial charge in [0.2, 0.25) is 0 Å². The van der Waals surface area contributed by atoms with Crippen molar-refractivity contribution in [2.24, 2.45) is 0 Å². The first-order valence-electron chi connectivity index (χ1n) is 6.28. The maximum atomic E-state index is 5.24. The third-order valence-corrected chi connectivity index (χ3v) is 3.46. The molecule has 1 aromatic heterocycles. The predicted molar refractivity (Wildman–Crippen MR) is 87.0 cm³/mol. The fraction of sp³-hybridized carbons (Fsp3) is 0.133. The molecule has 3 rings (SSSR count). The van der Waals surface area contributed by atoms with Crippen molar-refractivity contribution in [3.05, 3.63) is 42.5 Å². The molecule has 0 saturated heterocycles. The van der Waals surface area contributed by atoms with Crippen molar-refractivity contribution >= 4 is 45.1 Å². The third kappa shape index (κ3) is 2.40. The Hall–Kier alpha value is -2.27. The molecule has 4 nitrogen and oxygen atoms in total. The van der Waals surface area contributed by atoms with Crippen molar-refractivity contribution in [1.29, 1.82) is 0 Å². The first-order valence-corrected chi connectivity index (χ1v) is 6.69. The number of benzene rings is 2. The van der Waals surface area contributed by atoms with E-state index in [1.807, 2.05) is 61.5 Å². The second-order valence-corrected chi connectivity index (χ2v) is 5.13. The van der Waals surface area contributed by atoms with Crippen molar-refractivity contribution in [3.63, 3.8) is 0 Å². The topological polar surface area (TPSA) is 41.0 Å². The van der Waals surface area contributed by atoms with Gasteiger partial charge in [-0.15, -0.1) is 0 Å². The Kier molecular flexibility index (Phi) is 3.20. The number of nitrogens with one attached hydrogen (secondary N) is 1. The van der Waals surface area contributed by atoms with E-state index in [1.54, 1.807) is 0 Å². The van der Waals surface area contributed by atoms with Gasteiger partial charge in [-0.05, 0) is 42.5 Å². The van der Waals surface area contributed by atoms with Crippen molar-refractivity contribution in [3.8, 4) is 0 Å². The van der Waals surface area contributed by atoms with Gasteiger partial charge in [0.05, 0.1) is 22.1 Å². The Labute approximate surface area is 122 Å². The van der Waals surface area contributed by atoms with Crippen LogP contribution >= 0.6 is 12.2 Å². The lowest BCUT2D eigenvalue weighted by Gasteiger charge is -2.15. The van der Waals surface area contributed by atoms with Gasteiger partial charge in [0, 0.05) is 19.8 Å². The summed E-state index contributed by atoms with van der Waals surface area (Å²) in [5.41, 5.74) is 4.46.